The second kappa shape index (κ2) is 14.9. The van der Waals surface area contributed by atoms with Crippen LogP contribution in [0.1, 0.15) is 45.4 Å². The van der Waals surface area contributed by atoms with Crippen LogP contribution in [0, 0.1) is 26.8 Å². The number of aryl methyl sites for hydroxylation is 3. The second-order valence-corrected chi connectivity index (χ2v) is 9.56. The maximum Gasteiger partial charge on any atom is 4.00 e. The minimum absolute atomic E-state index is 0. The van der Waals surface area contributed by atoms with Gasteiger partial charge in [0.2, 0.25) is 0 Å². The zero-order valence-corrected chi connectivity index (χ0v) is 25.8. The number of benzene rings is 4. The van der Waals surface area contributed by atoms with Crippen molar-refractivity contribution in [1.82, 2.24) is 0 Å². The molecule has 0 N–H and O–H groups in total. The molecule has 0 amide bonds. The van der Waals surface area contributed by atoms with E-state index < -0.39 is 0 Å². The summed E-state index contributed by atoms with van der Waals surface area (Å²) >= 11 is 0. The average Bonchev–Trinajstić information content (AvgIpc) is 3.29. The molecule has 0 radical (unpaired) electrons. The van der Waals surface area contributed by atoms with E-state index in [2.05, 4.69) is 136 Å². The molecule has 0 aliphatic heterocycles. The molecule has 0 unspecified atom stereocenters. The topological polar surface area (TPSA) is 0 Å². The van der Waals surface area contributed by atoms with Gasteiger partial charge < -0.3 is 37.2 Å². The maximum atomic E-state index is 3.91. The van der Waals surface area contributed by atoms with Crippen molar-refractivity contribution in [2.75, 3.05) is 0 Å². The van der Waals surface area contributed by atoms with Gasteiger partial charge in [-0.15, -0.1) is 0 Å². The van der Waals surface area contributed by atoms with Gasteiger partial charge in [-0.25, -0.2) is 17.7 Å². The number of allylic oxidation sites excluding steroid dienone is 4. The van der Waals surface area contributed by atoms with E-state index >= 15 is 0 Å². The molecule has 1 aliphatic rings. The van der Waals surface area contributed by atoms with Gasteiger partial charge in [0.1, 0.15) is 0 Å². The molecular formula is C34H31Cl3Ti. The van der Waals surface area contributed by atoms with E-state index in [-0.39, 0.29) is 64.4 Å². The van der Waals surface area contributed by atoms with Crippen molar-refractivity contribution in [3.8, 4) is 0 Å². The van der Waals surface area contributed by atoms with Gasteiger partial charge in [-0.3, -0.25) is 0 Å². The summed E-state index contributed by atoms with van der Waals surface area (Å²) in [5, 5.41) is 0. The Morgan fingerprint density at radius 3 is 1.47 bits per heavy atom. The predicted molar refractivity (Wildman–Crippen MR) is 143 cm³/mol. The molecule has 0 atom stereocenters. The number of halogens is 3. The molecule has 4 aromatic rings. The van der Waals surface area contributed by atoms with E-state index in [1.54, 1.807) is 0 Å². The Morgan fingerprint density at radius 1 is 0.605 bits per heavy atom. The van der Waals surface area contributed by atoms with Crippen molar-refractivity contribution in [3.63, 3.8) is 0 Å². The Morgan fingerprint density at radius 2 is 1.05 bits per heavy atom. The Kier molecular flexibility index (Phi) is 13.3. The molecule has 4 heteroatoms. The van der Waals surface area contributed by atoms with Crippen LogP contribution in [0.3, 0.4) is 0 Å². The van der Waals surface area contributed by atoms with Crippen molar-refractivity contribution in [1.29, 1.82) is 0 Å². The third kappa shape index (κ3) is 6.92. The number of hydrogen-bond donors (Lipinski definition) is 0. The van der Waals surface area contributed by atoms with Gasteiger partial charge in [0.15, 0.2) is 0 Å². The molecule has 5 rings (SSSR count). The standard InChI is InChI=1S/C34H31.3ClH.Ti/c1-25-10-7-15-30(20-25)34(31-16-8-11-26(2)21-31,32-17-9-12-27(3)22-32)33-19-18-29(24-33)23-28-13-5-4-6-14-28;;;;/h4-18,20-22H,19,23H2,1-3H3;3*1H;/q-1;;;;+4/p-3. The Balaban J connectivity index is 0.00000180. The van der Waals surface area contributed by atoms with Gasteiger partial charge in [0.05, 0.1) is 0 Å². The van der Waals surface area contributed by atoms with Gasteiger partial charge >= 0.3 is 21.7 Å². The molecule has 1 aliphatic carbocycles. The first-order chi connectivity index (χ1) is 16.6. The smallest absolute Gasteiger partial charge is 1.00 e. The van der Waals surface area contributed by atoms with Crippen molar-refractivity contribution in [2.45, 2.75) is 39.0 Å². The molecular weight excluding hydrogens is 563 g/mol. The van der Waals surface area contributed by atoms with Crippen molar-refractivity contribution in [2.24, 2.45) is 0 Å². The van der Waals surface area contributed by atoms with Crippen LogP contribution in [0.5, 0.6) is 0 Å². The van der Waals surface area contributed by atoms with Crippen LogP contribution in [0.4, 0.5) is 0 Å². The molecule has 0 spiro atoms. The molecule has 0 bridgehead atoms. The number of rotatable bonds is 6. The number of hydrogen-bond acceptors (Lipinski definition) is 0. The predicted octanol–water partition coefficient (Wildman–Crippen LogP) is -0.742. The van der Waals surface area contributed by atoms with Gasteiger partial charge in [0.25, 0.3) is 0 Å². The minimum atomic E-state index is -0.390. The molecule has 0 saturated carbocycles. The molecule has 4 aromatic carbocycles. The summed E-state index contributed by atoms with van der Waals surface area (Å²) in [6.45, 7) is 6.56. The van der Waals surface area contributed by atoms with Gasteiger partial charge in [0, 0.05) is 5.41 Å². The average molecular weight is 594 g/mol. The first kappa shape index (κ1) is 34.0. The fourth-order valence-corrected chi connectivity index (χ4v) is 5.36. The van der Waals surface area contributed by atoms with E-state index in [4.69, 9.17) is 0 Å². The van der Waals surface area contributed by atoms with Crippen LogP contribution >= 0.6 is 0 Å². The first-order valence-electron chi connectivity index (χ1n) is 12.1. The normalized spacial score (nSPS) is 12.1. The largest absolute Gasteiger partial charge is 4.00 e. The van der Waals surface area contributed by atoms with Crippen molar-refractivity contribution >= 4 is 0 Å². The van der Waals surface area contributed by atoms with Crippen LogP contribution in [-0.4, -0.2) is 0 Å². The fourth-order valence-electron chi connectivity index (χ4n) is 5.36. The van der Waals surface area contributed by atoms with Crippen LogP contribution in [0.2, 0.25) is 0 Å². The van der Waals surface area contributed by atoms with Crippen molar-refractivity contribution < 1.29 is 58.9 Å². The van der Waals surface area contributed by atoms with Crippen LogP contribution in [0.15, 0.2) is 120 Å². The zero-order valence-electron chi connectivity index (χ0n) is 21.9. The summed E-state index contributed by atoms with van der Waals surface area (Å²) in [7, 11) is 0. The van der Waals surface area contributed by atoms with E-state index in [0.717, 1.165) is 12.8 Å². The summed E-state index contributed by atoms with van der Waals surface area (Å²) in [6.07, 6.45) is 8.10. The molecule has 192 valence electrons. The zero-order chi connectivity index (χ0) is 23.5. The maximum absolute atomic E-state index is 3.91. The van der Waals surface area contributed by atoms with E-state index in [1.807, 2.05) is 0 Å². The van der Waals surface area contributed by atoms with Crippen molar-refractivity contribution in [3.05, 3.63) is 165 Å². The third-order valence-electron chi connectivity index (χ3n) is 6.91. The fraction of sp³-hybridized carbons (Fsp3) is 0.176. The molecule has 0 aromatic heterocycles. The van der Waals surface area contributed by atoms with Crippen LogP contribution < -0.4 is 37.2 Å². The molecule has 38 heavy (non-hydrogen) atoms. The van der Waals surface area contributed by atoms with Gasteiger partial charge in [-0.1, -0.05) is 126 Å². The van der Waals surface area contributed by atoms with E-state index in [1.165, 1.54) is 50.1 Å². The minimum Gasteiger partial charge on any atom is -1.00 e. The monoisotopic (exact) mass is 592 g/mol. The van der Waals surface area contributed by atoms with Gasteiger partial charge in [-0.2, -0.15) is 5.57 Å². The van der Waals surface area contributed by atoms with E-state index in [9.17, 15) is 0 Å². The molecule has 0 saturated heterocycles. The van der Waals surface area contributed by atoms with E-state index in [0.29, 0.717) is 0 Å². The molecule has 0 nitrogen and oxygen atoms in total. The first-order valence-corrected chi connectivity index (χ1v) is 12.1. The summed E-state index contributed by atoms with van der Waals surface area (Å²) in [5.74, 6) is 0. The SMILES string of the molecule is Cc1cccc(C(C2=[C-]C(Cc3ccccc3)=CC2)(c2cccc(C)c2)c2cccc(C)c2)c1.[Cl-].[Cl-].[Cl-].[Ti+4]. The third-order valence-corrected chi connectivity index (χ3v) is 6.91. The summed E-state index contributed by atoms with van der Waals surface area (Å²) in [4.78, 5) is 0. The second-order valence-electron chi connectivity index (χ2n) is 9.56. The summed E-state index contributed by atoms with van der Waals surface area (Å²) in [6, 6.07) is 37.8. The Hall–Kier alpha value is -2.06. The molecule has 0 fully saturated rings. The van der Waals surface area contributed by atoms with Gasteiger partial charge in [-0.05, 0) is 49.4 Å². The quantitative estimate of drug-likeness (QED) is 0.157. The van der Waals surface area contributed by atoms with Crippen LogP contribution in [0.25, 0.3) is 0 Å². The summed E-state index contributed by atoms with van der Waals surface area (Å²) in [5.41, 5.74) is 11.3. The summed E-state index contributed by atoms with van der Waals surface area (Å²) < 4.78 is 0. The molecule has 0 heterocycles. The Bertz CT molecular complexity index is 1280. The van der Waals surface area contributed by atoms with Crippen LogP contribution in [-0.2, 0) is 33.6 Å². The Labute approximate surface area is 261 Å².